The van der Waals surface area contributed by atoms with Crippen LogP contribution in [0.5, 0.6) is 0 Å². The molecule has 1 unspecified atom stereocenters. The zero-order valence-corrected chi connectivity index (χ0v) is 16.2. The first kappa shape index (κ1) is 20.9. The van der Waals surface area contributed by atoms with Gasteiger partial charge in [0.05, 0.1) is 12.2 Å². The van der Waals surface area contributed by atoms with Gasteiger partial charge in [0.15, 0.2) is 13.1 Å². The van der Waals surface area contributed by atoms with Gasteiger partial charge in [-0.3, -0.25) is 9.59 Å². The number of amides is 2. The summed E-state index contributed by atoms with van der Waals surface area (Å²) < 4.78 is 13.8. The number of halogens is 2. The number of carbonyl (C=O) groups is 2. The zero-order valence-electron chi connectivity index (χ0n) is 15.4. The van der Waals surface area contributed by atoms with Gasteiger partial charge in [-0.05, 0) is 43.2 Å². The number of para-hydroxylation sites is 1. The monoisotopic (exact) mass is 392 g/mol. The number of aryl methyl sites for hydroxylation is 1. The van der Waals surface area contributed by atoms with E-state index in [1.54, 1.807) is 0 Å². The largest absolute Gasteiger partial charge is 0.321 e. The van der Waals surface area contributed by atoms with E-state index in [2.05, 4.69) is 10.6 Å². The summed E-state index contributed by atoms with van der Waals surface area (Å²) in [6.07, 6.45) is 0.815. The molecule has 0 aliphatic carbocycles. The fraction of sp³-hybridized carbons (Fsp3) is 0.300. The maximum absolute atomic E-state index is 13.8. The van der Waals surface area contributed by atoms with Gasteiger partial charge in [-0.15, -0.1) is 0 Å². The van der Waals surface area contributed by atoms with Crippen LogP contribution in [0.4, 0.5) is 15.8 Å². The lowest BCUT2D eigenvalue weighted by molar-refractivity contribution is -0.883. The number of rotatable bonds is 8. The Morgan fingerprint density at radius 3 is 2.26 bits per heavy atom. The van der Waals surface area contributed by atoms with E-state index in [0.717, 1.165) is 28.6 Å². The molecule has 0 bridgehead atoms. The predicted molar refractivity (Wildman–Crippen MR) is 106 cm³/mol. The Labute approximate surface area is 163 Å². The van der Waals surface area contributed by atoms with E-state index in [0.29, 0.717) is 6.54 Å². The van der Waals surface area contributed by atoms with E-state index in [-0.39, 0.29) is 35.6 Å². The lowest BCUT2D eigenvalue weighted by Gasteiger charge is -2.18. The third-order valence-electron chi connectivity index (χ3n) is 4.05. The maximum atomic E-state index is 13.8. The number of quaternary nitrogens is 1. The Balaban J connectivity index is 1.94. The van der Waals surface area contributed by atoms with Gasteiger partial charge in [-0.25, -0.2) is 4.39 Å². The molecule has 0 fully saturated rings. The summed E-state index contributed by atoms with van der Waals surface area (Å²) >= 11 is 5.71. The molecule has 0 heterocycles. The number of nitrogens with one attached hydrogen (secondary N) is 3. The number of anilines is 2. The van der Waals surface area contributed by atoms with Crippen LogP contribution in [0.2, 0.25) is 5.02 Å². The molecule has 2 aromatic carbocycles. The van der Waals surface area contributed by atoms with Crippen LogP contribution < -0.4 is 15.5 Å². The van der Waals surface area contributed by atoms with Crippen LogP contribution >= 0.6 is 11.6 Å². The highest BCUT2D eigenvalue weighted by molar-refractivity contribution is 6.30. The molecule has 2 aromatic rings. The number of carbonyl (C=O) groups excluding carboxylic acids is 2. The lowest BCUT2D eigenvalue weighted by Crippen LogP contribution is -3.14. The fourth-order valence-electron chi connectivity index (χ4n) is 2.74. The quantitative estimate of drug-likeness (QED) is 0.646. The minimum atomic E-state index is -0.592. The average molecular weight is 393 g/mol. The maximum Gasteiger partial charge on any atom is 0.279 e. The second-order valence-corrected chi connectivity index (χ2v) is 6.83. The normalized spacial score (nSPS) is 11.7. The summed E-state index contributed by atoms with van der Waals surface area (Å²) in [7, 11) is 0. The lowest BCUT2D eigenvalue weighted by atomic mass is 10.2. The minimum Gasteiger partial charge on any atom is -0.321 e. The highest BCUT2D eigenvalue weighted by Gasteiger charge is 2.19. The number of hydrogen-bond donors (Lipinski definition) is 3. The smallest absolute Gasteiger partial charge is 0.279 e. The molecule has 0 aliphatic heterocycles. The van der Waals surface area contributed by atoms with Crippen LogP contribution in [-0.4, -0.2) is 31.4 Å². The second-order valence-electron chi connectivity index (χ2n) is 6.39. The molecular weight excluding hydrogens is 369 g/mol. The molecule has 0 radical (unpaired) electrons. The van der Waals surface area contributed by atoms with E-state index >= 15 is 0 Å². The first-order valence-corrected chi connectivity index (χ1v) is 9.20. The Morgan fingerprint density at radius 2 is 1.67 bits per heavy atom. The number of hydrogen-bond acceptors (Lipinski definition) is 2. The Hall–Kier alpha value is -2.44. The molecule has 2 rings (SSSR count). The van der Waals surface area contributed by atoms with E-state index in [4.69, 9.17) is 11.6 Å². The number of benzene rings is 2. The first-order valence-electron chi connectivity index (χ1n) is 8.83. The molecule has 144 valence electrons. The Bertz CT molecular complexity index is 814. The van der Waals surface area contributed by atoms with Crippen LogP contribution in [0.25, 0.3) is 0 Å². The summed E-state index contributed by atoms with van der Waals surface area (Å²) in [6.45, 7) is 4.77. The van der Waals surface area contributed by atoms with Crippen molar-refractivity contribution in [3.05, 3.63) is 58.9 Å². The van der Waals surface area contributed by atoms with E-state index in [1.165, 1.54) is 12.1 Å². The highest BCUT2D eigenvalue weighted by atomic mass is 35.5. The average Bonchev–Trinajstić information content (AvgIpc) is 2.59. The summed E-state index contributed by atoms with van der Waals surface area (Å²) in [5.41, 5.74) is 1.80. The molecule has 2 amide bonds. The van der Waals surface area contributed by atoms with Gasteiger partial charge >= 0.3 is 0 Å². The Kier molecular flexibility index (Phi) is 7.76. The summed E-state index contributed by atoms with van der Waals surface area (Å²) in [5, 5.41) is 5.67. The van der Waals surface area contributed by atoms with Gasteiger partial charge in [-0.2, -0.15) is 0 Å². The molecule has 3 N–H and O–H groups in total. The van der Waals surface area contributed by atoms with Crippen LogP contribution in [-0.2, 0) is 9.59 Å². The van der Waals surface area contributed by atoms with Crippen molar-refractivity contribution in [3.63, 3.8) is 0 Å². The topological polar surface area (TPSA) is 62.6 Å². The second kappa shape index (κ2) is 10.0. The summed E-state index contributed by atoms with van der Waals surface area (Å²) in [6, 6.07) is 11.6. The molecule has 1 atom stereocenters. The van der Waals surface area contributed by atoms with Crippen molar-refractivity contribution in [2.75, 3.05) is 30.3 Å². The van der Waals surface area contributed by atoms with Crippen molar-refractivity contribution in [2.24, 2.45) is 0 Å². The van der Waals surface area contributed by atoms with Crippen molar-refractivity contribution in [1.29, 1.82) is 0 Å². The molecule has 0 saturated heterocycles. The molecular formula is C20H24ClFN3O2+. The van der Waals surface area contributed by atoms with Crippen molar-refractivity contribution in [2.45, 2.75) is 20.3 Å². The summed E-state index contributed by atoms with van der Waals surface area (Å²) in [5.74, 6) is -1.12. The highest BCUT2D eigenvalue weighted by Crippen LogP contribution is 2.18. The third-order valence-corrected chi connectivity index (χ3v) is 4.28. The van der Waals surface area contributed by atoms with Gasteiger partial charge in [0.25, 0.3) is 11.8 Å². The van der Waals surface area contributed by atoms with Crippen LogP contribution in [0.3, 0.4) is 0 Å². The molecule has 0 aromatic heterocycles. The van der Waals surface area contributed by atoms with E-state index in [1.807, 2.05) is 38.1 Å². The zero-order chi connectivity index (χ0) is 19.8. The first-order chi connectivity index (χ1) is 12.9. The molecule has 0 aliphatic rings. The molecule has 7 heteroatoms. The van der Waals surface area contributed by atoms with Crippen LogP contribution in [0.15, 0.2) is 42.5 Å². The molecule has 27 heavy (non-hydrogen) atoms. The van der Waals surface area contributed by atoms with Crippen molar-refractivity contribution >= 4 is 34.8 Å². The van der Waals surface area contributed by atoms with E-state index in [9.17, 15) is 14.0 Å². The fourth-order valence-corrected chi connectivity index (χ4v) is 2.90. The van der Waals surface area contributed by atoms with Gasteiger partial charge in [-0.1, -0.05) is 36.7 Å². The van der Waals surface area contributed by atoms with Crippen molar-refractivity contribution < 1.29 is 18.9 Å². The van der Waals surface area contributed by atoms with Crippen molar-refractivity contribution in [3.8, 4) is 0 Å². The van der Waals surface area contributed by atoms with Crippen LogP contribution in [0.1, 0.15) is 18.9 Å². The Morgan fingerprint density at radius 1 is 1.04 bits per heavy atom. The third kappa shape index (κ3) is 6.66. The van der Waals surface area contributed by atoms with E-state index < -0.39 is 5.82 Å². The standard InChI is InChI=1S/C20H23ClFN3O2/c1-3-10-25(12-19(26)23-17-7-5-4-6-14(17)2)13-20(27)24-18-9-8-15(21)11-16(18)22/h4-9,11H,3,10,12-13H2,1-2H3,(H,23,26)(H,24,27)/p+1. The van der Waals surface area contributed by atoms with Gasteiger partial charge in [0.1, 0.15) is 5.82 Å². The minimum absolute atomic E-state index is 0.0666. The molecule has 0 spiro atoms. The SMILES string of the molecule is CCC[NH+](CC(=O)Nc1ccccc1C)CC(=O)Nc1ccc(Cl)cc1F. The molecule has 0 saturated carbocycles. The van der Waals surface area contributed by atoms with Crippen molar-refractivity contribution in [1.82, 2.24) is 0 Å². The predicted octanol–water partition coefficient (Wildman–Crippen LogP) is 2.66. The summed E-state index contributed by atoms with van der Waals surface area (Å²) in [4.78, 5) is 25.4. The molecule has 5 nitrogen and oxygen atoms in total. The van der Waals surface area contributed by atoms with Gasteiger partial charge in [0.2, 0.25) is 0 Å². The van der Waals surface area contributed by atoms with Gasteiger partial charge in [0, 0.05) is 10.7 Å². The van der Waals surface area contributed by atoms with Crippen LogP contribution in [0, 0.1) is 12.7 Å². The van der Waals surface area contributed by atoms with Gasteiger partial charge < -0.3 is 15.5 Å².